The average Bonchev–Trinajstić information content (AvgIpc) is 2.56. The van der Waals surface area contributed by atoms with Gasteiger partial charge in [0, 0.05) is 17.1 Å². The monoisotopic (exact) mass is 393 g/mol. The minimum absolute atomic E-state index is 0.0308. The summed E-state index contributed by atoms with van der Waals surface area (Å²) in [6.07, 6.45) is 3.69. The predicted octanol–water partition coefficient (Wildman–Crippen LogP) is 4.24. The fourth-order valence-corrected chi connectivity index (χ4v) is 5.82. The Morgan fingerprint density at radius 2 is 1.70 bits per heavy atom. The van der Waals surface area contributed by atoms with Crippen molar-refractivity contribution in [1.29, 1.82) is 0 Å². The van der Waals surface area contributed by atoms with E-state index in [1.165, 1.54) is 5.56 Å². The van der Waals surface area contributed by atoms with Crippen LogP contribution in [0, 0.1) is 0 Å². The second-order valence-electron chi connectivity index (χ2n) is 5.89. The first kappa shape index (κ1) is 16.7. The molecule has 23 heavy (non-hydrogen) atoms. The Labute approximate surface area is 146 Å². The second kappa shape index (κ2) is 7.16. The van der Waals surface area contributed by atoms with Gasteiger partial charge in [0.15, 0.2) is 0 Å². The SMILES string of the molecule is O=S(=O)(c1ccccc1Br)N1CCCCC1Cc1ccccc1. The number of benzene rings is 2. The topological polar surface area (TPSA) is 37.4 Å². The highest BCUT2D eigenvalue weighted by molar-refractivity contribution is 9.10. The Morgan fingerprint density at radius 3 is 2.43 bits per heavy atom. The number of hydrogen-bond acceptors (Lipinski definition) is 2. The first-order valence-electron chi connectivity index (χ1n) is 7.89. The van der Waals surface area contributed by atoms with Crippen molar-refractivity contribution in [1.82, 2.24) is 4.31 Å². The third kappa shape index (κ3) is 3.67. The second-order valence-corrected chi connectivity index (χ2v) is 8.60. The van der Waals surface area contributed by atoms with E-state index >= 15 is 0 Å². The maximum atomic E-state index is 13.1. The highest BCUT2D eigenvalue weighted by atomic mass is 79.9. The maximum absolute atomic E-state index is 13.1. The summed E-state index contributed by atoms with van der Waals surface area (Å²) >= 11 is 3.38. The molecule has 1 aliphatic rings. The Hall–Kier alpha value is -1.17. The zero-order valence-corrected chi connectivity index (χ0v) is 15.3. The minimum atomic E-state index is -3.48. The van der Waals surface area contributed by atoms with Gasteiger partial charge in [-0.3, -0.25) is 0 Å². The molecule has 1 atom stereocenters. The van der Waals surface area contributed by atoms with Crippen LogP contribution in [0.25, 0.3) is 0 Å². The molecule has 1 unspecified atom stereocenters. The molecule has 1 heterocycles. The molecule has 1 fully saturated rings. The minimum Gasteiger partial charge on any atom is -0.207 e. The Kier molecular flexibility index (Phi) is 5.19. The van der Waals surface area contributed by atoms with E-state index in [1.54, 1.807) is 22.5 Å². The number of halogens is 1. The summed E-state index contributed by atoms with van der Waals surface area (Å²) < 4.78 is 28.5. The van der Waals surface area contributed by atoms with Gasteiger partial charge in [-0.25, -0.2) is 8.42 Å². The molecule has 5 heteroatoms. The van der Waals surface area contributed by atoms with E-state index in [0.717, 1.165) is 25.7 Å². The predicted molar refractivity (Wildman–Crippen MR) is 95.8 cm³/mol. The van der Waals surface area contributed by atoms with Gasteiger partial charge in [-0.05, 0) is 52.9 Å². The molecule has 0 amide bonds. The van der Waals surface area contributed by atoms with Crippen LogP contribution in [0.3, 0.4) is 0 Å². The summed E-state index contributed by atoms with van der Waals surface area (Å²) in [5.41, 5.74) is 1.19. The van der Waals surface area contributed by atoms with Crippen molar-refractivity contribution >= 4 is 26.0 Å². The van der Waals surface area contributed by atoms with Crippen LogP contribution >= 0.6 is 15.9 Å². The summed E-state index contributed by atoms with van der Waals surface area (Å²) in [6.45, 7) is 0.598. The molecule has 0 radical (unpaired) electrons. The van der Waals surface area contributed by atoms with E-state index in [4.69, 9.17) is 0 Å². The van der Waals surface area contributed by atoms with Crippen LogP contribution in [0.4, 0.5) is 0 Å². The fourth-order valence-electron chi connectivity index (χ4n) is 3.16. The number of rotatable bonds is 4. The third-order valence-electron chi connectivity index (χ3n) is 4.31. The summed E-state index contributed by atoms with van der Waals surface area (Å²) in [5, 5.41) is 0. The molecular weight excluding hydrogens is 374 g/mol. The summed E-state index contributed by atoms with van der Waals surface area (Å²) in [6, 6.07) is 17.2. The van der Waals surface area contributed by atoms with E-state index < -0.39 is 10.0 Å². The normalized spacial score (nSPS) is 19.6. The lowest BCUT2D eigenvalue weighted by molar-refractivity contribution is 0.251. The average molecular weight is 394 g/mol. The van der Waals surface area contributed by atoms with Crippen molar-refractivity contribution in [2.24, 2.45) is 0 Å². The molecule has 0 aromatic heterocycles. The van der Waals surface area contributed by atoms with Crippen LogP contribution in [-0.2, 0) is 16.4 Å². The lowest BCUT2D eigenvalue weighted by Crippen LogP contribution is -2.44. The van der Waals surface area contributed by atoms with Crippen LogP contribution in [0.1, 0.15) is 24.8 Å². The molecule has 1 saturated heterocycles. The van der Waals surface area contributed by atoms with Crippen molar-refractivity contribution < 1.29 is 8.42 Å². The van der Waals surface area contributed by atoms with E-state index in [9.17, 15) is 8.42 Å². The van der Waals surface area contributed by atoms with Gasteiger partial charge in [-0.1, -0.05) is 48.9 Å². The smallest absolute Gasteiger partial charge is 0.207 e. The Bertz CT molecular complexity index is 762. The number of sulfonamides is 1. The van der Waals surface area contributed by atoms with Gasteiger partial charge in [0.2, 0.25) is 10.0 Å². The highest BCUT2D eigenvalue weighted by Crippen LogP contribution is 2.30. The van der Waals surface area contributed by atoms with Crippen LogP contribution < -0.4 is 0 Å². The zero-order valence-electron chi connectivity index (χ0n) is 12.9. The largest absolute Gasteiger partial charge is 0.244 e. The lowest BCUT2D eigenvalue weighted by Gasteiger charge is -2.35. The van der Waals surface area contributed by atoms with Gasteiger partial charge >= 0.3 is 0 Å². The maximum Gasteiger partial charge on any atom is 0.244 e. The van der Waals surface area contributed by atoms with Gasteiger partial charge in [-0.15, -0.1) is 0 Å². The van der Waals surface area contributed by atoms with Crippen LogP contribution in [-0.4, -0.2) is 25.3 Å². The van der Waals surface area contributed by atoms with Crippen LogP contribution in [0.5, 0.6) is 0 Å². The number of nitrogens with zero attached hydrogens (tertiary/aromatic N) is 1. The molecule has 122 valence electrons. The van der Waals surface area contributed by atoms with Crippen LogP contribution in [0.2, 0.25) is 0 Å². The number of piperidine rings is 1. The van der Waals surface area contributed by atoms with Crippen LogP contribution in [0.15, 0.2) is 64.0 Å². The van der Waals surface area contributed by atoms with Gasteiger partial charge < -0.3 is 0 Å². The van der Waals surface area contributed by atoms with Crippen molar-refractivity contribution in [3.8, 4) is 0 Å². The molecule has 2 aromatic rings. The van der Waals surface area contributed by atoms with Gasteiger partial charge in [-0.2, -0.15) is 4.31 Å². The molecule has 3 rings (SSSR count). The summed E-state index contributed by atoms with van der Waals surface area (Å²) in [4.78, 5) is 0.361. The van der Waals surface area contributed by atoms with Crippen molar-refractivity contribution in [3.63, 3.8) is 0 Å². The summed E-state index contributed by atoms with van der Waals surface area (Å²) in [7, 11) is -3.48. The van der Waals surface area contributed by atoms with E-state index in [0.29, 0.717) is 15.9 Å². The molecule has 0 bridgehead atoms. The molecule has 3 nitrogen and oxygen atoms in total. The van der Waals surface area contributed by atoms with Gasteiger partial charge in [0.05, 0.1) is 4.90 Å². The fraction of sp³-hybridized carbons (Fsp3) is 0.333. The van der Waals surface area contributed by atoms with Gasteiger partial charge in [0.1, 0.15) is 0 Å². The highest BCUT2D eigenvalue weighted by Gasteiger charge is 2.34. The zero-order chi connectivity index (χ0) is 16.3. The quantitative estimate of drug-likeness (QED) is 0.778. The van der Waals surface area contributed by atoms with E-state index in [2.05, 4.69) is 28.1 Å². The Morgan fingerprint density at radius 1 is 1.00 bits per heavy atom. The number of hydrogen-bond donors (Lipinski definition) is 0. The molecule has 0 saturated carbocycles. The van der Waals surface area contributed by atoms with Crippen molar-refractivity contribution in [2.75, 3.05) is 6.54 Å². The van der Waals surface area contributed by atoms with Crippen molar-refractivity contribution in [2.45, 2.75) is 36.6 Å². The molecular formula is C18H20BrNO2S. The molecule has 0 N–H and O–H groups in total. The van der Waals surface area contributed by atoms with E-state index in [-0.39, 0.29) is 6.04 Å². The first-order valence-corrected chi connectivity index (χ1v) is 10.1. The molecule has 1 aliphatic heterocycles. The standard InChI is InChI=1S/C18H20BrNO2S/c19-17-11-4-5-12-18(17)23(21,22)20-13-7-6-10-16(20)14-15-8-2-1-3-9-15/h1-5,8-9,11-12,16H,6-7,10,13-14H2. The first-order chi connectivity index (χ1) is 11.1. The Balaban J connectivity index is 1.90. The molecule has 0 aliphatic carbocycles. The lowest BCUT2D eigenvalue weighted by atomic mass is 9.98. The van der Waals surface area contributed by atoms with Gasteiger partial charge in [0.25, 0.3) is 0 Å². The van der Waals surface area contributed by atoms with Crippen molar-refractivity contribution in [3.05, 3.63) is 64.6 Å². The molecule has 0 spiro atoms. The van der Waals surface area contributed by atoms with E-state index in [1.807, 2.05) is 24.3 Å². The summed E-state index contributed by atoms with van der Waals surface area (Å²) in [5.74, 6) is 0. The third-order valence-corrected chi connectivity index (χ3v) is 7.27. The molecule has 2 aromatic carbocycles.